The molecule has 0 spiro atoms. The van der Waals surface area contributed by atoms with Crippen LogP contribution in [-0.2, 0) is 9.59 Å². The van der Waals surface area contributed by atoms with Crippen LogP contribution < -0.4 is 9.64 Å². The molecule has 35 heavy (non-hydrogen) atoms. The Labute approximate surface area is 204 Å². The van der Waals surface area contributed by atoms with Crippen molar-refractivity contribution in [2.75, 3.05) is 11.5 Å². The van der Waals surface area contributed by atoms with Gasteiger partial charge in [-0.15, -0.1) is 0 Å². The number of amides is 1. The fraction of sp³-hybridized carbons (Fsp3) is 0.154. The van der Waals surface area contributed by atoms with E-state index in [-0.39, 0.29) is 16.5 Å². The molecule has 0 saturated carbocycles. The third-order valence-corrected chi connectivity index (χ3v) is 6.61. The number of aromatic nitrogens is 2. The van der Waals surface area contributed by atoms with Gasteiger partial charge in [0.2, 0.25) is 0 Å². The number of fused-ring (bicyclic) bond motifs is 1. The lowest BCUT2D eigenvalue weighted by atomic mass is 9.96. The molecule has 2 aromatic heterocycles. The lowest BCUT2D eigenvalue weighted by Gasteiger charge is -2.22. The third-order valence-electron chi connectivity index (χ3n) is 5.59. The van der Waals surface area contributed by atoms with Crippen LogP contribution in [0.3, 0.4) is 0 Å². The first-order valence-corrected chi connectivity index (χ1v) is 11.8. The molecule has 1 saturated heterocycles. The molecule has 2 aromatic carbocycles. The molecule has 5 rings (SSSR count). The minimum absolute atomic E-state index is 0.0735. The number of carbonyl (C=O) groups is 2. The molecule has 1 atom stereocenters. The summed E-state index contributed by atoms with van der Waals surface area (Å²) in [4.78, 5) is 36.3. The Bertz CT molecular complexity index is 1450. The highest BCUT2D eigenvalue weighted by Crippen LogP contribution is 2.44. The van der Waals surface area contributed by atoms with Crippen molar-refractivity contribution in [1.82, 2.24) is 9.97 Å². The lowest BCUT2D eigenvalue weighted by molar-refractivity contribution is -0.132. The number of thiazole rings is 1. The van der Waals surface area contributed by atoms with Crippen LogP contribution in [0.4, 0.5) is 9.52 Å². The van der Waals surface area contributed by atoms with Crippen LogP contribution in [0.25, 0.3) is 16.0 Å². The number of aliphatic hydroxyl groups is 1. The van der Waals surface area contributed by atoms with Gasteiger partial charge in [0.25, 0.3) is 5.78 Å². The molecule has 1 aliphatic heterocycles. The molecule has 176 valence electrons. The maximum Gasteiger partial charge on any atom is 0.301 e. The van der Waals surface area contributed by atoms with E-state index in [0.717, 1.165) is 17.8 Å². The summed E-state index contributed by atoms with van der Waals surface area (Å²) in [7, 11) is 0. The van der Waals surface area contributed by atoms with Gasteiger partial charge in [-0.1, -0.05) is 24.3 Å². The summed E-state index contributed by atoms with van der Waals surface area (Å²) in [6.07, 6.45) is 3.96. The number of pyridine rings is 1. The van der Waals surface area contributed by atoms with Crippen molar-refractivity contribution < 1.29 is 23.8 Å². The van der Waals surface area contributed by atoms with Crippen molar-refractivity contribution in [3.63, 3.8) is 0 Å². The zero-order valence-corrected chi connectivity index (χ0v) is 19.5. The van der Waals surface area contributed by atoms with E-state index in [9.17, 15) is 19.1 Å². The first-order chi connectivity index (χ1) is 17.0. The fourth-order valence-corrected chi connectivity index (χ4v) is 4.97. The van der Waals surface area contributed by atoms with Gasteiger partial charge >= 0.3 is 5.91 Å². The zero-order valence-electron chi connectivity index (χ0n) is 18.6. The molecule has 0 bridgehead atoms. The molecule has 1 amide bonds. The Balaban J connectivity index is 1.64. The number of rotatable bonds is 6. The topological polar surface area (TPSA) is 92.6 Å². The molecule has 1 fully saturated rings. The van der Waals surface area contributed by atoms with E-state index < -0.39 is 23.5 Å². The number of anilines is 1. The van der Waals surface area contributed by atoms with Crippen molar-refractivity contribution in [1.29, 1.82) is 0 Å². The van der Waals surface area contributed by atoms with Crippen LogP contribution in [0, 0.1) is 5.82 Å². The van der Waals surface area contributed by atoms with Crippen molar-refractivity contribution in [2.24, 2.45) is 0 Å². The molecule has 0 radical (unpaired) electrons. The van der Waals surface area contributed by atoms with E-state index in [1.165, 1.54) is 29.3 Å². The number of Topliss-reactive ketones (excluding diaryl/α,β-unsaturated/α-hetero) is 1. The molecule has 7 nitrogen and oxygen atoms in total. The lowest BCUT2D eigenvalue weighted by Crippen LogP contribution is -2.29. The average molecular weight is 490 g/mol. The van der Waals surface area contributed by atoms with Gasteiger partial charge in [0, 0.05) is 18.0 Å². The number of hydrogen-bond donors (Lipinski definition) is 1. The van der Waals surface area contributed by atoms with Crippen LogP contribution in [-0.4, -0.2) is 33.4 Å². The monoisotopic (exact) mass is 489 g/mol. The van der Waals surface area contributed by atoms with Crippen LogP contribution in [0.15, 0.2) is 72.6 Å². The van der Waals surface area contributed by atoms with Crippen molar-refractivity contribution in [3.05, 3.63) is 89.5 Å². The summed E-state index contributed by atoms with van der Waals surface area (Å²) >= 11 is 1.09. The van der Waals surface area contributed by atoms with E-state index in [0.29, 0.717) is 33.7 Å². The van der Waals surface area contributed by atoms with E-state index in [4.69, 9.17) is 4.74 Å². The van der Waals surface area contributed by atoms with Gasteiger partial charge in [-0.2, -0.15) is 0 Å². The van der Waals surface area contributed by atoms with Gasteiger partial charge in [-0.25, -0.2) is 9.37 Å². The molecule has 1 aliphatic rings. The smallest absolute Gasteiger partial charge is 0.301 e. The van der Waals surface area contributed by atoms with E-state index in [1.54, 1.807) is 42.6 Å². The molecule has 0 aliphatic carbocycles. The minimum atomic E-state index is -0.954. The minimum Gasteiger partial charge on any atom is -0.507 e. The van der Waals surface area contributed by atoms with Crippen molar-refractivity contribution in [2.45, 2.75) is 19.4 Å². The first kappa shape index (κ1) is 22.7. The highest BCUT2D eigenvalue weighted by Gasteiger charge is 2.48. The largest absolute Gasteiger partial charge is 0.507 e. The number of ether oxygens (including phenoxy) is 1. The Morgan fingerprint density at radius 3 is 2.69 bits per heavy atom. The quantitative estimate of drug-likeness (QED) is 0.226. The summed E-state index contributed by atoms with van der Waals surface area (Å²) in [6.45, 7) is 2.56. The van der Waals surface area contributed by atoms with Crippen LogP contribution in [0.1, 0.15) is 30.5 Å². The zero-order chi connectivity index (χ0) is 24.5. The number of carbonyl (C=O) groups excluding carboxylic acids is 2. The summed E-state index contributed by atoms with van der Waals surface area (Å²) in [6, 6.07) is 13.2. The molecular weight excluding hydrogens is 469 g/mol. The predicted molar refractivity (Wildman–Crippen MR) is 131 cm³/mol. The molecule has 1 unspecified atom stereocenters. The first-order valence-electron chi connectivity index (χ1n) is 11.0. The van der Waals surface area contributed by atoms with Gasteiger partial charge in [-0.3, -0.25) is 19.5 Å². The number of aliphatic hydroxyl groups excluding tert-OH is 1. The second kappa shape index (κ2) is 9.27. The molecule has 9 heteroatoms. The van der Waals surface area contributed by atoms with Crippen LogP contribution in [0.2, 0.25) is 0 Å². The van der Waals surface area contributed by atoms with E-state index in [1.807, 2.05) is 6.92 Å². The Hall–Kier alpha value is -4.11. The van der Waals surface area contributed by atoms with E-state index >= 15 is 0 Å². The summed E-state index contributed by atoms with van der Waals surface area (Å²) in [5, 5.41) is 11.4. The van der Waals surface area contributed by atoms with Crippen LogP contribution >= 0.6 is 11.3 Å². The normalized spacial score (nSPS) is 17.3. The predicted octanol–water partition coefficient (Wildman–Crippen LogP) is 5.25. The maximum absolute atomic E-state index is 13.7. The third kappa shape index (κ3) is 4.15. The molecule has 3 heterocycles. The van der Waals surface area contributed by atoms with Gasteiger partial charge in [-0.05, 0) is 60.5 Å². The molecule has 4 aromatic rings. The van der Waals surface area contributed by atoms with Crippen molar-refractivity contribution in [3.8, 4) is 5.75 Å². The molecule has 1 N–H and O–H groups in total. The SMILES string of the molecule is CCCOc1ccc(/C(O)=C2\C(=O)C(=O)N(c3nc4ccc(F)cc4s3)C2c2cccnc2)cc1. The Kier molecular flexibility index (Phi) is 6.00. The standard InChI is InChI=1S/C26H20FN3O4S/c1-2-12-34-18-8-5-15(6-9-18)23(31)21-22(16-4-3-11-28-14-16)30(25(33)24(21)32)26-29-19-10-7-17(27)13-20(19)35-26/h3-11,13-14,22,31H,2,12H2,1H3/b23-21+. The second-order valence-electron chi connectivity index (χ2n) is 7.94. The Morgan fingerprint density at radius 1 is 1.17 bits per heavy atom. The summed E-state index contributed by atoms with van der Waals surface area (Å²) < 4.78 is 19.9. The van der Waals surface area contributed by atoms with Gasteiger partial charge in [0.15, 0.2) is 5.13 Å². The van der Waals surface area contributed by atoms with Gasteiger partial charge in [0.1, 0.15) is 17.3 Å². The number of halogens is 1. The molecular formula is C26H20FN3O4S. The van der Waals surface area contributed by atoms with Gasteiger partial charge < -0.3 is 9.84 Å². The highest BCUT2D eigenvalue weighted by molar-refractivity contribution is 7.22. The summed E-state index contributed by atoms with van der Waals surface area (Å²) in [5.74, 6) is -1.77. The van der Waals surface area contributed by atoms with E-state index in [2.05, 4.69) is 9.97 Å². The summed E-state index contributed by atoms with van der Waals surface area (Å²) in [5.41, 5.74) is 1.32. The van der Waals surface area contributed by atoms with Crippen molar-refractivity contribution >= 4 is 44.1 Å². The van der Waals surface area contributed by atoms with Gasteiger partial charge in [0.05, 0.1) is 28.4 Å². The number of ketones is 1. The Morgan fingerprint density at radius 2 is 1.97 bits per heavy atom. The average Bonchev–Trinajstić information content (AvgIpc) is 3.40. The maximum atomic E-state index is 13.7. The fourth-order valence-electron chi connectivity index (χ4n) is 3.96. The highest BCUT2D eigenvalue weighted by atomic mass is 32.1. The number of benzene rings is 2. The second-order valence-corrected chi connectivity index (χ2v) is 8.95. The van der Waals surface area contributed by atoms with Crippen LogP contribution in [0.5, 0.6) is 5.75 Å². The number of hydrogen-bond acceptors (Lipinski definition) is 7. The number of nitrogens with zero attached hydrogens (tertiary/aromatic N) is 3.